The minimum absolute atomic E-state index is 0.384. The second-order valence-electron chi connectivity index (χ2n) is 6.21. The van der Waals surface area contributed by atoms with Crippen LogP contribution < -0.4 is 10.1 Å². The molecule has 2 aromatic carbocycles. The largest absolute Gasteiger partial charge is 0.457 e. The molecule has 1 amide bonds. The van der Waals surface area contributed by atoms with Crippen LogP contribution in [0.3, 0.4) is 0 Å². The van der Waals surface area contributed by atoms with Gasteiger partial charge in [-0.1, -0.05) is 24.3 Å². The van der Waals surface area contributed by atoms with Crippen LogP contribution in [-0.2, 0) is 11.3 Å². The van der Waals surface area contributed by atoms with Crippen LogP contribution in [0.2, 0.25) is 0 Å². The number of amides is 1. The first-order valence-electron chi connectivity index (χ1n) is 7.57. The first kappa shape index (κ1) is 17.4. The van der Waals surface area contributed by atoms with Crippen molar-refractivity contribution in [3.63, 3.8) is 0 Å². The number of nitrogens with one attached hydrogen (secondary N) is 1. The average molecular weight is 324 g/mol. The van der Waals surface area contributed by atoms with E-state index in [1.165, 1.54) is 0 Å². The second kappa shape index (κ2) is 7.51. The lowest BCUT2D eigenvalue weighted by Crippen LogP contribution is -2.32. The molecule has 2 aromatic rings. The van der Waals surface area contributed by atoms with Gasteiger partial charge in [-0.3, -0.25) is 0 Å². The van der Waals surface area contributed by atoms with Crippen molar-refractivity contribution in [2.24, 2.45) is 0 Å². The van der Waals surface area contributed by atoms with E-state index in [2.05, 4.69) is 10.2 Å². The van der Waals surface area contributed by atoms with Gasteiger partial charge in [0.1, 0.15) is 17.1 Å². The van der Waals surface area contributed by atoms with Crippen LogP contribution >= 0.6 is 0 Å². The molecule has 0 aromatic heterocycles. The second-order valence-corrected chi connectivity index (χ2v) is 6.21. The highest BCUT2D eigenvalue weighted by Gasteiger charge is 2.15. The molecule has 5 nitrogen and oxygen atoms in total. The molecular weight excluding hydrogens is 304 g/mol. The molecule has 0 heterocycles. The van der Waals surface area contributed by atoms with E-state index in [0.29, 0.717) is 23.7 Å². The molecule has 2 rings (SSSR count). The molecule has 1 N–H and O–H groups in total. The van der Waals surface area contributed by atoms with Gasteiger partial charge in [-0.05, 0) is 50.6 Å². The third kappa shape index (κ3) is 5.65. The Bertz CT molecular complexity index is 723. The van der Waals surface area contributed by atoms with Crippen LogP contribution in [0, 0.1) is 6.57 Å². The SMILES string of the molecule is [C-]#[N+]c1ccc(Oc2ccc(CNC(=O)OC(C)(C)C)cc2)cc1. The molecule has 0 aliphatic rings. The Balaban J connectivity index is 1.88. The van der Waals surface area contributed by atoms with Crippen molar-refractivity contribution in [2.75, 3.05) is 0 Å². The highest BCUT2D eigenvalue weighted by atomic mass is 16.6. The minimum atomic E-state index is -0.509. The van der Waals surface area contributed by atoms with Gasteiger partial charge in [-0.2, -0.15) is 0 Å². The molecule has 0 spiro atoms. The molecular formula is C19H20N2O3. The predicted octanol–water partition coefficient (Wildman–Crippen LogP) is 5.05. The van der Waals surface area contributed by atoms with E-state index in [-0.39, 0.29) is 0 Å². The lowest BCUT2D eigenvalue weighted by molar-refractivity contribution is 0.0523. The van der Waals surface area contributed by atoms with Crippen LogP contribution in [0.1, 0.15) is 26.3 Å². The summed E-state index contributed by atoms with van der Waals surface area (Å²) >= 11 is 0. The van der Waals surface area contributed by atoms with E-state index in [9.17, 15) is 4.79 Å². The lowest BCUT2D eigenvalue weighted by Gasteiger charge is -2.19. The van der Waals surface area contributed by atoms with Gasteiger partial charge >= 0.3 is 6.09 Å². The van der Waals surface area contributed by atoms with E-state index in [1.54, 1.807) is 24.3 Å². The maximum Gasteiger partial charge on any atom is 0.407 e. The Hall–Kier alpha value is -3.00. The normalized spacial score (nSPS) is 10.6. The number of hydrogen-bond donors (Lipinski definition) is 1. The molecule has 0 saturated heterocycles. The Morgan fingerprint density at radius 2 is 1.58 bits per heavy atom. The molecule has 0 atom stereocenters. The van der Waals surface area contributed by atoms with Gasteiger partial charge < -0.3 is 14.8 Å². The maximum atomic E-state index is 11.6. The van der Waals surface area contributed by atoms with Gasteiger partial charge in [-0.25, -0.2) is 9.64 Å². The summed E-state index contributed by atoms with van der Waals surface area (Å²) in [5.74, 6) is 1.36. The number of rotatable bonds is 4. The van der Waals surface area contributed by atoms with Crippen molar-refractivity contribution in [2.45, 2.75) is 32.9 Å². The van der Waals surface area contributed by atoms with E-state index >= 15 is 0 Å². The Labute approximate surface area is 142 Å². The summed E-state index contributed by atoms with van der Waals surface area (Å²) in [6.45, 7) is 12.8. The predicted molar refractivity (Wildman–Crippen MR) is 92.3 cm³/mol. The number of carbonyl (C=O) groups excluding carboxylic acids is 1. The van der Waals surface area contributed by atoms with Gasteiger partial charge in [0.25, 0.3) is 0 Å². The van der Waals surface area contributed by atoms with Crippen LogP contribution in [0.15, 0.2) is 48.5 Å². The summed E-state index contributed by atoms with van der Waals surface area (Å²) in [7, 11) is 0. The van der Waals surface area contributed by atoms with Crippen LogP contribution in [-0.4, -0.2) is 11.7 Å². The van der Waals surface area contributed by atoms with Crippen molar-refractivity contribution in [3.05, 3.63) is 65.5 Å². The Kier molecular flexibility index (Phi) is 5.43. The third-order valence-electron chi connectivity index (χ3n) is 2.96. The summed E-state index contributed by atoms with van der Waals surface area (Å²) in [6, 6.07) is 14.3. The summed E-state index contributed by atoms with van der Waals surface area (Å²) < 4.78 is 10.9. The third-order valence-corrected chi connectivity index (χ3v) is 2.96. The van der Waals surface area contributed by atoms with Crippen LogP contribution in [0.5, 0.6) is 11.5 Å². The molecule has 24 heavy (non-hydrogen) atoms. The quantitative estimate of drug-likeness (QED) is 0.800. The standard InChI is InChI=1S/C19H20N2O3/c1-19(2,3)24-18(22)21-13-14-5-9-16(10-6-14)23-17-11-7-15(20-4)8-12-17/h5-12H,13H2,1-3H3,(H,21,22). The summed E-state index contributed by atoms with van der Waals surface area (Å²) in [5, 5.41) is 2.71. The zero-order valence-electron chi connectivity index (χ0n) is 14.0. The summed E-state index contributed by atoms with van der Waals surface area (Å²) in [5.41, 5.74) is 1.01. The topological polar surface area (TPSA) is 51.9 Å². The molecule has 0 radical (unpaired) electrons. The highest BCUT2D eigenvalue weighted by molar-refractivity contribution is 5.67. The number of alkyl carbamates (subject to hydrolysis) is 1. The monoisotopic (exact) mass is 324 g/mol. The van der Waals surface area contributed by atoms with Crippen molar-refractivity contribution in [3.8, 4) is 11.5 Å². The van der Waals surface area contributed by atoms with Crippen LogP contribution in [0.4, 0.5) is 10.5 Å². The van der Waals surface area contributed by atoms with Crippen molar-refractivity contribution in [1.82, 2.24) is 5.32 Å². The molecule has 0 fully saturated rings. The first-order chi connectivity index (χ1) is 11.4. The van der Waals surface area contributed by atoms with E-state index in [1.807, 2.05) is 45.0 Å². The zero-order chi connectivity index (χ0) is 17.6. The molecule has 5 heteroatoms. The van der Waals surface area contributed by atoms with Crippen molar-refractivity contribution < 1.29 is 14.3 Å². The van der Waals surface area contributed by atoms with Crippen molar-refractivity contribution in [1.29, 1.82) is 0 Å². The minimum Gasteiger partial charge on any atom is -0.457 e. The van der Waals surface area contributed by atoms with Crippen LogP contribution in [0.25, 0.3) is 4.85 Å². The summed E-state index contributed by atoms with van der Waals surface area (Å²) in [6.07, 6.45) is -0.442. The fourth-order valence-electron chi connectivity index (χ4n) is 1.89. The number of ether oxygens (including phenoxy) is 2. The highest BCUT2D eigenvalue weighted by Crippen LogP contribution is 2.24. The Morgan fingerprint density at radius 1 is 1.04 bits per heavy atom. The fraction of sp³-hybridized carbons (Fsp3) is 0.263. The number of nitrogens with zero attached hydrogens (tertiary/aromatic N) is 1. The fourth-order valence-corrected chi connectivity index (χ4v) is 1.89. The van der Waals surface area contributed by atoms with Gasteiger partial charge in [0.15, 0.2) is 5.69 Å². The zero-order valence-corrected chi connectivity index (χ0v) is 14.0. The molecule has 0 saturated carbocycles. The smallest absolute Gasteiger partial charge is 0.407 e. The number of hydrogen-bond acceptors (Lipinski definition) is 3. The summed E-state index contributed by atoms with van der Waals surface area (Å²) in [4.78, 5) is 15.0. The van der Waals surface area contributed by atoms with E-state index < -0.39 is 11.7 Å². The van der Waals surface area contributed by atoms with Gasteiger partial charge in [0, 0.05) is 6.54 Å². The Morgan fingerprint density at radius 3 is 2.08 bits per heavy atom. The molecule has 0 aliphatic carbocycles. The lowest BCUT2D eigenvalue weighted by atomic mass is 10.2. The molecule has 0 unspecified atom stereocenters. The van der Waals surface area contributed by atoms with Gasteiger partial charge in [0.2, 0.25) is 0 Å². The molecule has 0 bridgehead atoms. The van der Waals surface area contributed by atoms with Gasteiger partial charge in [0.05, 0.1) is 6.57 Å². The number of benzene rings is 2. The molecule has 0 aliphatic heterocycles. The van der Waals surface area contributed by atoms with Gasteiger partial charge in [-0.15, -0.1) is 0 Å². The van der Waals surface area contributed by atoms with E-state index in [0.717, 1.165) is 5.56 Å². The average Bonchev–Trinajstić information content (AvgIpc) is 2.53. The first-order valence-corrected chi connectivity index (χ1v) is 7.57. The molecule has 124 valence electrons. The van der Waals surface area contributed by atoms with E-state index in [4.69, 9.17) is 16.0 Å². The van der Waals surface area contributed by atoms with Crippen molar-refractivity contribution >= 4 is 11.8 Å². The maximum absolute atomic E-state index is 11.6. The number of carbonyl (C=O) groups is 1.